The number of hydrogen-bond donors (Lipinski definition) is 2. The van der Waals surface area contributed by atoms with Crippen molar-refractivity contribution < 1.29 is 19.4 Å². The van der Waals surface area contributed by atoms with Crippen LogP contribution in [0, 0.1) is 0 Å². The molecule has 1 heterocycles. The van der Waals surface area contributed by atoms with E-state index in [0.717, 1.165) is 0 Å². The van der Waals surface area contributed by atoms with Crippen molar-refractivity contribution in [2.45, 2.75) is 25.2 Å². The highest BCUT2D eigenvalue weighted by Gasteiger charge is 2.53. The van der Waals surface area contributed by atoms with Crippen LogP contribution in [-0.4, -0.2) is 35.1 Å². The number of hydrogen-bond acceptors (Lipinski definition) is 4. The van der Waals surface area contributed by atoms with Gasteiger partial charge in [-0.1, -0.05) is 0 Å². The number of aliphatic hydroxyl groups excluding tert-OH is 1. The fourth-order valence-electron chi connectivity index (χ4n) is 1.39. The number of aliphatic hydroxyl groups is 1. The van der Waals surface area contributed by atoms with Crippen molar-refractivity contribution >= 4 is 11.7 Å². The molecule has 2 N–H and O–H groups in total. The van der Waals surface area contributed by atoms with Gasteiger partial charge in [-0.05, 0) is 6.08 Å². The first-order chi connectivity index (χ1) is 6.09. The molecule has 1 saturated heterocycles. The van der Waals surface area contributed by atoms with Crippen molar-refractivity contribution in [3.63, 3.8) is 0 Å². The minimum absolute atomic E-state index is 0.138. The molecule has 1 unspecified atom stereocenters. The van der Waals surface area contributed by atoms with Gasteiger partial charge in [0.1, 0.15) is 12.2 Å². The van der Waals surface area contributed by atoms with Gasteiger partial charge in [-0.25, -0.2) is 0 Å². The molecule has 1 aliphatic carbocycles. The molecule has 5 heteroatoms. The first-order valence-electron chi connectivity index (χ1n) is 3.97. The van der Waals surface area contributed by atoms with Crippen LogP contribution >= 0.6 is 0 Å². The summed E-state index contributed by atoms with van der Waals surface area (Å²) in [6.07, 6.45) is -0.422. The van der Waals surface area contributed by atoms with Gasteiger partial charge in [0.25, 0.3) is 0 Å². The highest BCUT2D eigenvalue weighted by Crippen LogP contribution is 2.32. The number of amides is 1. The molecule has 1 aliphatic heterocycles. The first-order valence-corrected chi connectivity index (χ1v) is 3.97. The van der Waals surface area contributed by atoms with Crippen LogP contribution in [0.25, 0.3) is 0 Å². The van der Waals surface area contributed by atoms with Crippen molar-refractivity contribution in [2.75, 3.05) is 0 Å². The SMILES string of the molecule is CC(=O)NC1=CC(O)[C@@H]2O[C@@H]2C1=O. The minimum atomic E-state index is -0.787. The van der Waals surface area contributed by atoms with Crippen molar-refractivity contribution in [3.05, 3.63) is 11.8 Å². The molecule has 0 aromatic heterocycles. The molecular formula is C8H9NO4. The normalized spacial score (nSPS) is 36.3. The van der Waals surface area contributed by atoms with Gasteiger partial charge in [-0.15, -0.1) is 0 Å². The Bertz CT molecular complexity index is 309. The van der Waals surface area contributed by atoms with Gasteiger partial charge in [0.15, 0.2) is 6.10 Å². The van der Waals surface area contributed by atoms with Crippen LogP contribution in [0.2, 0.25) is 0 Å². The first kappa shape index (κ1) is 8.40. The van der Waals surface area contributed by atoms with E-state index in [1.165, 1.54) is 13.0 Å². The summed E-state index contributed by atoms with van der Waals surface area (Å²) in [5.74, 6) is -0.587. The van der Waals surface area contributed by atoms with E-state index in [4.69, 9.17) is 4.74 Å². The van der Waals surface area contributed by atoms with E-state index in [2.05, 4.69) is 5.32 Å². The van der Waals surface area contributed by atoms with Gasteiger partial charge in [-0.3, -0.25) is 9.59 Å². The average Bonchev–Trinajstić information content (AvgIpc) is 2.77. The summed E-state index contributed by atoms with van der Waals surface area (Å²) in [5, 5.41) is 11.7. The number of nitrogens with one attached hydrogen (secondary N) is 1. The smallest absolute Gasteiger partial charge is 0.221 e. The molecule has 70 valence electrons. The molecule has 13 heavy (non-hydrogen) atoms. The maximum Gasteiger partial charge on any atom is 0.221 e. The Kier molecular flexibility index (Phi) is 1.71. The van der Waals surface area contributed by atoms with Gasteiger partial charge < -0.3 is 15.2 Å². The van der Waals surface area contributed by atoms with E-state index in [0.29, 0.717) is 0 Å². The molecule has 0 aromatic rings. The lowest BCUT2D eigenvalue weighted by molar-refractivity contribution is -0.122. The molecule has 0 radical (unpaired) electrons. The third-order valence-electron chi connectivity index (χ3n) is 2.03. The maximum atomic E-state index is 11.3. The Balaban J connectivity index is 2.17. The van der Waals surface area contributed by atoms with E-state index in [1.54, 1.807) is 0 Å². The Hall–Kier alpha value is -1.20. The lowest BCUT2D eigenvalue weighted by Gasteiger charge is -2.12. The second kappa shape index (κ2) is 2.65. The zero-order valence-electron chi connectivity index (χ0n) is 6.98. The van der Waals surface area contributed by atoms with E-state index >= 15 is 0 Å². The number of Topliss-reactive ketones (excluding diaryl/α,β-unsaturated/α-hetero) is 1. The third kappa shape index (κ3) is 1.36. The second-order valence-corrected chi connectivity index (χ2v) is 3.14. The van der Waals surface area contributed by atoms with Crippen LogP contribution in [0.4, 0.5) is 0 Å². The molecule has 1 fully saturated rings. The summed E-state index contributed by atoms with van der Waals surface area (Å²) in [6.45, 7) is 1.31. The molecule has 0 spiro atoms. The number of carbonyl (C=O) groups excluding carboxylic acids is 2. The van der Waals surface area contributed by atoms with E-state index in [-0.39, 0.29) is 17.4 Å². The molecule has 2 aliphatic rings. The van der Waals surface area contributed by atoms with Crippen LogP contribution in [-0.2, 0) is 14.3 Å². The van der Waals surface area contributed by atoms with Gasteiger partial charge in [0, 0.05) is 6.92 Å². The number of ketones is 1. The van der Waals surface area contributed by atoms with Crippen LogP contribution in [0.5, 0.6) is 0 Å². The monoisotopic (exact) mass is 183 g/mol. The minimum Gasteiger partial charge on any atom is -0.386 e. The maximum absolute atomic E-state index is 11.3. The Morgan fingerprint density at radius 2 is 2.38 bits per heavy atom. The molecule has 3 atom stereocenters. The quantitative estimate of drug-likeness (QED) is 0.496. The zero-order chi connectivity index (χ0) is 9.59. The highest BCUT2D eigenvalue weighted by atomic mass is 16.6. The zero-order valence-corrected chi connectivity index (χ0v) is 6.98. The molecule has 0 saturated carbocycles. The van der Waals surface area contributed by atoms with E-state index < -0.39 is 18.3 Å². The molecule has 1 amide bonds. The molecule has 5 nitrogen and oxygen atoms in total. The van der Waals surface area contributed by atoms with E-state index in [1.807, 2.05) is 0 Å². The Morgan fingerprint density at radius 1 is 1.69 bits per heavy atom. The number of fused-ring (bicyclic) bond motifs is 1. The van der Waals surface area contributed by atoms with Crippen molar-refractivity contribution in [3.8, 4) is 0 Å². The van der Waals surface area contributed by atoms with Crippen molar-refractivity contribution in [1.29, 1.82) is 0 Å². The summed E-state index contributed by atoms with van der Waals surface area (Å²) in [7, 11) is 0. The predicted octanol–water partition coefficient (Wildman–Crippen LogP) is -1.28. The summed E-state index contributed by atoms with van der Waals surface area (Å²) < 4.78 is 4.91. The third-order valence-corrected chi connectivity index (χ3v) is 2.03. The molecule has 2 rings (SSSR count). The summed E-state index contributed by atoms with van der Waals surface area (Å²) in [6, 6.07) is 0. The van der Waals surface area contributed by atoms with E-state index in [9.17, 15) is 14.7 Å². The summed E-state index contributed by atoms with van der Waals surface area (Å²) >= 11 is 0. The number of carbonyl (C=O) groups is 2. The van der Waals surface area contributed by atoms with Gasteiger partial charge in [0.2, 0.25) is 11.7 Å². The van der Waals surface area contributed by atoms with Gasteiger partial charge >= 0.3 is 0 Å². The summed E-state index contributed by atoms with van der Waals surface area (Å²) in [4.78, 5) is 22.0. The highest BCUT2D eigenvalue weighted by molar-refractivity contribution is 6.04. The fourth-order valence-corrected chi connectivity index (χ4v) is 1.39. The fraction of sp³-hybridized carbons (Fsp3) is 0.500. The largest absolute Gasteiger partial charge is 0.386 e. The summed E-state index contributed by atoms with van der Waals surface area (Å²) in [5.41, 5.74) is 0.138. The topological polar surface area (TPSA) is 78.9 Å². The number of ether oxygens (including phenoxy) is 1. The standard InChI is InChI=1S/C8H9NO4/c1-3(10)9-4-2-5(11)7-8(13-7)6(4)12/h2,5,7-8,11H,1H3,(H,9,10)/t5?,7-,8+/m0/s1. The molecule has 0 aromatic carbocycles. The predicted molar refractivity (Wildman–Crippen MR) is 41.6 cm³/mol. The molecule has 0 bridgehead atoms. The Morgan fingerprint density at radius 3 is 3.00 bits per heavy atom. The second-order valence-electron chi connectivity index (χ2n) is 3.14. The van der Waals surface area contributed by atoms with Crippen molar-refractivity contribution in [2.24, 2.45) is 0 Å². The van der Waals surface area contributed by atoms with Crippen LogP contribution in [0.3, 0.4) is 0 Å². The van der Waals surface area contributed by atoms with Crippen LogP contribution in [0.1, 0.15) is 6.92 Å². The molecular weight excluding hydrogens is 174 g/mol. The number of epoxide rings is 1. The van der Waals surface area contributed by atoms with Crippen molar-refractivity contribution in [1.82, 2.24) is 5.32 Å². The van der Waals surface area contributed by atoms with Crippen LogP contribution < -0.4 is 5.32 Å². The average molecular weight is 183 g/mol. The van der Waals surface area contributed by atoms with Gasteiger partial charge in [-0.2, -0.15) is 0 Å². The lowest BCUT2D eigenvalue weighted by atomic mass is 10.0. The Labute approximate surface area is 74.4 Å². The lowest BCUT2D eigenvalue weighted by Crippen LogP contribution is -2.34. The number of rotatable bonds is 1. The van der Waals surface area contributed by atoms with Gasteiger partial charge in [0.05, 0.1) is 5.70 Å². The van der Waals surface area contributed by atoms with Crippen LogP contribution in [0.15, 0.2) is 11.8 Å².